The van der Waals surface area contributed by atoms with Crippen molar-refractivity contribution in [3.63, 3.8) is 0 Å². The third-order valence-corrected chi connectivity index (χ3v) is 4.13. The van der Waals surface area contributed by atoms with Gasteiger partial charge >= 0.3 is 5.97 Å². The van der Waals surface area contributed by atoms with Crippen LogP contribution in [0, 0.1) is 11.8 Å². The van der Waals surface area contributed by atoms with Crippen molar-refractivity contribution in [2.75, 3.05) is 6.61 Å². The van der Waals surface area contributed by atoms with Crippen molar-refractivity contribution in [2.45, 2.75) is 85.2 Å². The fraction of sp³-hybridized carbons (Fsp3) is 0.941. The standard InChI is InChI=1S/C17H34O3/c1-5-9-11-14(7-3)16(18)13-20-17(19)15(8-4)12-10-6-2/h14-16,18H,5-13H2,1-4H3. The number of rotatable bonds is 12. The molecule has 0 fully saturated rings. The Kier molecular flexibility index (Phi) is 11.8. The summed E-state index contributed by atoms with van der Waals surface area (Å²) in [6.45, 7) is 8.54. The van der Waals surface area contributed by atoms with Crippen molar-refractivity contribution in [1.82, 2.24) is 0 Å². The van der Waals surface area contributed by atoms with Gasteiger partial charge in [0, 0.05) is 0 Å². The van der Waals surface area contributed by atoms with Crippen LogP contribution >= 0.6 is 0 Å². The summed E-state index contributed by atoms with van der Waals surface area (Å²) in [5.74, 6) is 0.113. The highest BCUT2D eigenvalue weighted by Gasteiger charge is 2.22. The zero-order valence-electron chi connectivity index (χ0n) is 13.9. The number of hydrogen-bond donors (Lipinski definition) is 1. The predicted octanol–water partition coefficient (Wildman–Crippen LogP) is 4.32. The van der Waals surface area contributed by atoms with Gasteiger partial charge in [0.2, 0.25) is 0 Å². The van der Waals surface area contributed by atoms with Crippen molar-refractivity contribution >= 4 is 5.97 Å². The van der Waals surface area contributed by atoms with E-state index in [0.29, 0.717) is 0 Å². The number of unbranched alkanes of at least 4 members (excludes halogenated alkanes) is 2. The van der Waals surface area contributed by atoms with Crippen LogP contribution in [-0.4, -0.2) is 23.8 Å². The van der Waals surface area contributed by atoms with Crippen molar-refractivity contribution in [3.8, 4) is 0 Å². The van der Waals surface area contributed by atoms with Gasteiger partial charge in [0.05, 0.1) is 12.0 Å². The van der Waals surface area contributed by atoms with Gasteiger partial charge in [-0.3, -0.25) is 4.79 Å². The molecule has 3 nitrogen and oxygen atoms in total. The summed E-state index contributed by atoms with van der Waals surface area (Å²) < 4.78 is 5.33. The molecule has 0 aliphatic heterocycles. The maximum Gasteiger partial charge on any atom is 0.309 e. The molecule has 0 aromatic heterocycles. The molecule has 3 atom stereocenters. The highest BCUT2D eigenvalue weighted by Crippen LogP contribution is 2.19. The normalized spacial score (nSPS) is 15.7. The highest BCUT2D eigenvalue weighted by molar-refractivity contribution is 5.72. The molecule has 120 valence electrons. The van der Waals surface area contributed by atoms with Gasteiger partial charge in [-0.2, -0.15) is 0 Å². The lowest BCUT2D eigenvalue weighted by Gasteiger charge is -2.22. The first-order chi connectivity index (χ1) is 9.60. The van der Waals surface area contributed by atoms with Gasteiger partial charge in [-0.25, -0.2) is 0 Å². The molecule has 3 heteroatoms. The van der Waals surface area contributed by atoms with Crippen molar-refractivity contribution < 1.29 is 14.6 Å². The van der Waals surface area contributed by atoms with Gasteiger partial charge < -0.3 is 9.84 Å². The van der Waals surface area contributed by atoms with Crippen LogP contribution in [0.3, 0.4) is 0 Å². The lowest BCUT2D eigenvalue weighted by Crippen LogP contribution is -2.29. The van der Waals surface area contributed by atoms with Crippen LogP contribution in [0.5, 0.6) is 0 Å². The van der Waals surface area contributed by atoms with Gasteiger partial charge in [0.15, 0.2) is 0 Å². The van der Waals surface area contributed by atoms with E-state index in [-0.39, 0.29) is 24.4 Å². The molecular weight excluding hydrogens is 252 g/mol. The minimum atomic E-state index is -0.515. The second-order valence-electron chi connectivity index (χ2n) is 5.76. The first-order valence-corrected chi connectivity index (χ1v) is 8.45. The molecule has 1 N–H and O–H groups in total. The molecule has 0 radical (unpaired) electrons. The molecule has 20 heavy (non-hydrogen) atoms. The number of carbonyl (C=O) groups excluding carboxylic acids is 1. The molecule has 0 rings (SSSR count). The van der Waals surface area contributed by atoms with Crippen LogP contribution in [0.1, 0.15) is 79.1 Å². The predicted molar refractivity (Wildman–Crippen MR) is 83.6 cm³/mol. The summed E-state index contributed by atoms with van der Waals surface area (Å²) in [6, 6.07) is 0. The van der Waals surface area contributed by atoms with E-state index in [2.05, 4.69) is 20.8 Å². The number of ether oxygens (including phenoxy) is 1. The van der Waals surface area contributed by atoms with E-state index < -0.39 is 6.10 Å². The molecule has 0 saturated carbocycles. The Morgan fingerprint density at radius 2 is 1.60 bits per heavy atom. The van der Waals surface area contributed by atoms with E-state index in [1.54, 1.807) is 0 Å². The molecule has 0 bridgehead atoms. The third kappa shape index (κ3) is 7.88. The quantitative estimate of drug-likeness (QED) is 0.543. The van der Waals surface area contributed by atoms with Crippen molar-refractivity contribution in [1.29, 1.82) is 0 Å². The van der Waals surface area contributed by atoms with Crippen molar-refractivity contribution in [3.05, 3.63) is 0 Å². The van der Waals surface area contributed by atoms with E-state index in [0.717, 1.165) is 51.4 Å². The topological polar surface area (TPSA) is 46.5 Å². The van der Waals surface area contributed by atoms with E-state index in [1.807, 2.05) is 6.92 Å². The molecule has 0 saturated heterocycles. The summed E-state index contributed by atoms with van der Waals surface area (Å²) in [5, 5.41) is 10.1. The number of carbonyl (C=O) groups is 1. The third-order valence-electron chi connectivity index (χ3n) is 4.13. The molecule has 0 aromatic rings. The van der Waals surface area contributed by atoms with E-state index in [1.165, 1.54) is 0 Å². The van der Waals surface area contributed by atoms with Gasteiger partial charge in [-0.1, -0.05) is 59.8 Å². The molecule has 0 spiro atoms. The molecular formula is C17H34O3. The Bertz CT molecular complexity index is 240. The van der Waals surface area contributed by atoms with Gasteiger partial charge in [0.25, 0.3) is 0 Å². The number of hydrogen-bond acceptors (Lipinski definition) is 3. The monoisotopic (exact) mass is 286 g/mol. The summed E-state index contributed by atoms with van der Waals surface area (Å²) in [4.78, 5) is 12.0. The van der Waals surface area contributed by atoms with Gasteiger partial charge in [0.1, 0.15) is 6.61 Å². The molecule has 0 heterocycles. The smallest absolute Gasteiger partial charge is 0.309 e. The van der Waals surface area contributed by atoms with E-state index in [9.17, 15) is 9.90 Å². The Morgan fingerprint density at radius 3 is 2.10 bits per heavy atom. The average Bonchev–Trinajstić information content (AvgIpc) is 2.46. The summed E-state index contributed by atoms with van der Waals surface area (Å²) in [6.07, 6.45) is 7.57. The number of esters is 1. The largest absolute Gasteiger partial charge is 0.463 e. The molecule has 0 amide bonds. The maximum atomic E-state index is 12.0. The number of aliphatic hydroxyl groups excluding tert-OH is 1. The summed E-state index contributed by atoms with van der Waals surface area (Å²) in [5.41, 5.74) is 0. The summed E-state index contributed by atoms with van der Waals surface area (Å²) >= 11 is 0. The maximum absolute atomic E-state index is 12.0. The van der Waals surface area contributed by atoms with Crippen LogP contribution < -0.4 is 0 Å². The Balaban J connectivity index is 4.12. The molecule has 0 aliphatic carbocycles. The second kappa shape index (κ2) is 12.2. The first kappa shape index (κ1) is 19.4. The Hall–Kier alpha value is -0.570. The molecule has 0 aliphatic rings. The van der Waals surface area contributed by atoms with Crippen LogP contribution in [0.15, 0.2) is 0 Å². The second-order valence-corrected chi connectivity index (χ2v) is 5.76. The lowest BCUT2D eigenvalue weighted by molar-refractivity contribution is -0.153. The first-order valence-electron chi connectivity index (χ1n) is 8.45. The van der Waals surface area contributed by atoms with Crippen LogP contribution in [-0.2, 0) is 9.53 Å². The fourth-order valence-electron chi connectivity index (χ4n) is 2.50. The lowest BCUT2D eigenvalue weighted by atomic mass is 9.94. The Morgan fingerprint density at radius 1 is 1.00 bits per heavy atom. The highest BCUT2D eigenvalue weighted by atomic mass is 16.5. The SMILES string of the molecule is CCCCC(CC)C(=O)OCC(O)C(CC)CCCC. The van der Waals surface area contributed by atoms with E-state index >= 15 is 0 Å². The fourth-order valence-corrected chi connectivity index (χ4v) is 2.50. The van der Waals surface area contributed by atoms with Crippen molar-refractivity contribution in [2.24, 2.45) is 11.8 Å². The minimum absolute atomic E-state index is 0.00197. The van der Waals surface area contributed by atoms with Crippen LogP contribution in [0.4, 0.5) is 0 Å². The van der Waals surface area contributed by atoms with Gasteiger partial charge in [-0.15, -0.1) is 0 Å². The van der Waals surface area contributed by atoms with Crippen LogP contribution in [0.2, 0.25) is 0 Å². The zero-order chi connectivity index (χ0) is 15.4. The average molecular weight is 286 g/mol. The number of aliphatic hydroxyl groups is 1. The van der Waals surface area contributed by atoms with Gasteiger partial charge in [-0.05, 0) is 25.2 Å². The summed E-state index contributed by atoms with van der Waals surface area (Å²) in [7, 11) is 0. The van der Waals surface area contributed by atoms with E-state index in [4.69, 9.17) is 4.74 Å². The molecule has 0 aromatic carbocycles. The minimum Gasteiger partial charge on any atom is -0.463 e. The molecule has 3 unspecified atom stereocenters. The van der Waals surface area contributed by atoms with Crippen LogP contribution in [0.25, 0.3) is 0 Å². The Labute approximate surface area is 125 Å². The zero-order valence-corrected chi connectivity index (χ0v) is 13.9.